The molecule has 0 bridgehead atoms. The Labute approximate surface area is 178 Å². The zero-order chi connectivity index (χ0) is 20.8. The van der Waals surface area contributed by atoms with Crippen LogP contribution in [-0.4, -0.2) is 48.7 Å². The molecule has 0 aromatic heterocycles. The number of rotatable bonds is 5. The second-order valence-corrected chi connectivity index (χ2v) is 7.42. The number of nitriles is 1. The molecule has 6 nitrogen and oxygen atoms in total. The molecule has 1 saturated heterocycles. The Morgan fingerprint density at radius 1 is 1.24 bits per heavy atom. The summed E-state index contributed by atoms with van der Waals surface area (Å²) in [4.78, 5) is 16.8. The molecule has 1 aliphatic heterocycles. The number of carbonyl (C=O) groups is 1. The summed E-state index contributed by atoms with van der Waals surface area (Å²) in [5.74, 6) is 0.00239. The fourth-order valence-electron chi connectivity index (χ4n) is 3.23. The van der Waals surface area contributed by atoms with Crippen LogP contribution in [-0.2, 0) is 4.79 Å². The second-order valence-electron chi connectivity index (χ2n) is 6.57. The third kappa shape index (κ3) is 4.90. The van der Waals surface area contributed by atoms with E-state index in [1.54, 1.807) is 17.0 Å². The van der Waals surface area contributed by atoms with Crippen molar-refractivity contribution in [2.75, 3.05) is 37.7 Å². The molecule has 29 heavy (non-hydrogen) atoms. The average molecular weight is 456 g/mol. The van der Waals surface area contributed by atoms with E-state index in [0.29, 0.717) is 48.6 Å². The number of amides is 1. The maximum Gasteiger partial charge on any atom is 0.264 e. The number of phenolic OH excluding ortho intramolecular Hbond substituents is 1. The number of phenols is 1. The van der Waals surface area contributed by atoms with E-state index in [1.165, 1.54) is 6.08 Å². The molecule has 0 atom stereocenters. The molecule has 0 aliphatic carbocycles. The van der Waals surface area contributed by atoms with Gasteiger partial charge in [0.15, 0.2) is 11.5 Å². The molecule has 7 heteroatoms. The maximum atomic E-state index is 12.9. The normalized spacial score (nSPS) is 14.4. The van der Waals surface area contributed by atoms with Crippen LogP contribution >= 0.6 is 15.9 Å². The average Bonchev–Trinajstić information content (AvgIpc) is 2.76. The van der Waals surface area contributed by atoms with E-state index in [2.05, 4.69) is 33.0 Å². The van der Waals surface area contributed by atoms with E-state index in [0.717, 1.165) is 5.69 Å². The van der Waals surface area contributed by atoms with Crippen LogP contribution < -0.4 is 9.64 Å². The molecule has 0 saturated carbocycles. The number of aromatic hydroxyl groups is 1. The number of hydrogen-bond donors (Lipinski definition) is 1. The van der Waals surface area contributed by atoms with Gasteiger partial charge in [0, 0.05) is 31.9 Å². The van der Waals surface area contributed by atoms with Gasteiger partial charge in [-0.1, -0.05) is 18.2 Å². The summed E-state index contributed by atoms with van der Waals surface area (Å²) in [6, 6.07) is 15.3. The van der Waals surface area contributed by atoms with Gasteiger partial charge in [-0.05, 0) is 58.8 Å². The molecule has 1 fully saturated rings. The van der Waals surface area contributed by atoms with Crippen molar-refractivity contribution >= 4 is 33.6 Å². The van der Waals surface area contributed by atoms with Crippen molar-refractivity contribution in [2.45, 2.75) is 6.92 Å². The van der Waals surface area contributed by atoms with Crippen molar-refractivity contribution in [2.24, 2.45) is 0 Å². The molecule has 1 heterocycles. The number of carbonyl (C=O) groups excluding carboxylic acids is 1. The molecule has 1 aliphatic rings. The summed E-state index contributed by atoms with van der Waals surface area (Å²) in [7, 11) is 0. The van der Waals surface area contributed by atoms with Gasteiger partial charge in [-0.3, -0.25) is 4.79 Å². The number of benzene rings is 2. The number of piperazine rings is 1. The molecule has 0 spiro atoms. The number of para-hydroxylation sites is 1. The summed E-state index contributed by atoms with van der Waals surface area (Å²) in [5, 5.41) is 19.6. The lowest BCUT2D eigenvalue weighted by Crippen LogP contribution is -2.49. The molecule has 2 aromatic rings. The molecule has 0 radical (unpaired) electrons. The van der Waals surface area contributed by atoms with Crippen molar-refractivity contribution in [3.63, 3.8) is 0 Å². The van der Waals surface area contributed by atoms with E-state index in [1.807, 2.05) is 31.2 Å². The monoisotopic (exact) mass is 455 g/mol. The smallest absolute Gasteiger partial charge is 0.264 e. The summed E-state index contributed by atoms with van der Waals surface area (Å²) < 4.78 is 5.85. The Morgan fingerprint density at radius 3 is 2.55 bits per heavy atom. The number of hydrogen-bond acceptors (Lipinski definition) is 5. The van der Waals surface area contributed by atoms with Crippen LogP contribution in [0.2, 0.25) is 0 Å². The largest absolute Gasteiger partial charge is 0.503 e. The second kappa shape index (κ2) is 9.48. The summed E-state index contributed by atoms with van der Waals surface area (Å²) in [5.41, 5.74) is 1.79. The first-order valence-corrected chi connectivity index (χ1v) is 10.2. The van der Waals surface area contributed by atoms with E-state index >= 15 is 0 Å². The first kappa shape index (κ1) is 20.7. The summed E-state index contributed by atoms with van der Waals surface area (Å²) >= 11 is 3.28. The van der Waals surface area contributed by atoms with Gasteiger partial charge in [0.05, 0.1) is 11.1 Å². The molecule has 0 unspecified atom stereocenters. The first-order valence-electron chi connectivity index (χ1n) is 9.40. The van der Waals surface area contributed by atoms with Crippen LogP contribution in [0.5, 0.6) is 11.5 Å². The van der Waals surface area contributed by atoms with Gasteiger partial charge < -0.3 is 19.6 Å². The van der Waals surface area contributed by atoms with Gasteiger partial charge >= 0.3 is 0 Å². The zero-order valence-electron chi connectivity index (χ0n) is 16.1. The standard InChI is InChI=1S/C22H22BrN3O3/c1-2-29-20-14-16(13-19(23)21(20)27)12-17(15-24)22(28)26-10-8-25(9-11-26)18-6-4-3-5-7-18/h3-7,12-14,27H,2,8-11H2,1H3/b17-12-. The van der Waals surface area contributed by atoms with Gasteiger partial charge in [-0.15, -0.1) is 0 Å². The quantitative estimate of drug-likeness (QED) is 0.547. The Balaban J connectivity index is 1.74. The Kier molecular flexibility index (Phi) is 6.78. The predicted octanol–water partition coefficient (Wildman–Crippen LogP) is 3.81. The van der Waals surface area contributed by atoms with Gasteiger partial charge in [0.1, 0.15) is 11.6 Å². The Hall–Kier alpha value is -2.98. The highest BCUT2D eigenvalue weighted by Crippen LogP contribution is 2.36. The highest BCUT2D eigenvalue weighted by molar-refractivity contribution is 9.10. The van der Waals surface area contributed by atoms with Crippen LogP contribution in [0.25, 0.3) is 6.08 Å². The predicted molar refractivity (Wildman–Crippen MR) is 116 cm³/mol. The van der Waals surface area contributed by atoms with Crippen molar-refractivity contribution in [1.82, 2.24) is 4.90 Å². The third-order valence-corrected chi connectivity index (χ3v) is 5.31. The van der Waals surface area contributed by atoms with Crippen LogP contribution in [0.15, 0.2) is 52.5 Å². The van der Waals surface area contributed by atoms with Crippen molar-refractivity contribution < 1.29 is 14.6 Å². The van der Waals surface area contributed by atoms with Gasteiger partial charge in [-0.25, -0.2) is 0 Å². The third-order valence-electron chi connectivity index (χ3n) is 4.70. The lowest BCUT2D eigenvalue weighted by molar-refractivity contribution is -0.126. The van der Waals surface area contributed by atoms with Crippen LogP contribution in [0.3, 0.4) is 0 Å². The van der Waals surface area contributed by atoms with Crippen molar-refractivity contribution in [3.8, 4) is 17.6 Å². The Bertz CT molecular complexity index is 946. The zero-order valence-corrected chi connectivity index (χ0v) is 17.7. The fraction of sp³-hybridized carbons (Fsp3) is 0.273. The van der Waals surface area contributed by atoms with Gasteiger partial charge in [0.25, 0.3) is 5.91 Å². The Morgan fingerprint density at radius 2 is 1.93 bits per heavy atom. The molecule has 150 valence electrons. The number of ether oxygens (including phenoxy) is 1. The van der Waals surface area contributed by atoms with Crippen molar-refractivity contribution in [1.29, 1.82) is 5.26 Å². The highest BCUT2D eigenvalue weighted by atomic mass is 79.9. The van der Waals surface area contributed by atoms with Crippen molar-refractivity contribution in [3.05, 3.63) is 58.1 Å². The number of anilines is 1. The van der Waals surface area contributed by atoms with Crippen LogP contribution in [0, 0.1) is 11.3 Å². The SMILES string of the molecule is CCOc1cc(/C=C(/C#N)C(=O)N2CCN(c3ccccc3)CC2)cc(Br)c1O. The van der Waals surface area contributed by atoms with Gasteiger partial charge in [-0.2, -0.15) is 5.26 Å². The number of halogens is 1. The molecule has 1 N–H and O–H groups in total. The molecule has 2 aromatic carbocycles. The van der Waals surface area contributed by atoms with Crippen LogP contribution in [0.1, 0.15) is 12.5 Å². The first-order chi connectivity index (χ1) is 14.0. The highest BCUT2D eigenvalue weighted by Gasteiger charge is 2.24. The van der Waals surface area contributed by atoms with E-state index in [4.69, 9.17) is 4.74 Å². The molecular weight excluding hydrogens is 434 g/mol. The molecule has 3 rings (SSSR count). The minimum Gasteiger partial charge on any atom is -0.503 e. The maximum absolute atomic E-state index is 12.9. The molecule has 1 amide bonds. The lowest BCUT2D eigenvalue weighted by Gasteiger charge is -2.36. The topological polar surface area (TPSA) is 76.8 Å². The minimum atomic E-state index is -0.289. The lowest BCUT2D eigenvalue weighted by atomic mass is 10.1. The number of nitrogens with zero attached hydrogens (tertiary/aromatic N) is 3. The molecular formula is C22H22BrN3O3. The fourth-order valence-corrected chi connectivity index (χ4v) is 3.69. The van der Waals surface area contributed by atoms with Crippen LogP contribution in [0.4, 0.5) is 5.69 Å². The van der Waals surface area contributed by atoms with E-state index < -0.39 is 0 Å². The minimum absolute atomic E-state index is 0.00846. The van der Waals surface area contributed by atoms with E-state index in [-0.39, 0.29) is 17.2 Å². The summed E-state index contributed by atoms with van der Waals surface area (Å²) in [6.45, 7) is 4.74. The van der Waals surface area contributed by atoms with E-state index in [9.17, 15) is 15.2 Å². The summed E-state index contributed by atoms with van der Waals surface area (Å²) in [6.07, 6.45) is 1.53. The van der Waals surface area contributed by atoms with Gasteiger partial charge in [0.2, 0.25) is 0 Å².